The quantitative estimate of drug-likeness (QED) is 0.365. The Labute approximate surface area is 195 Å². The number of ether oxygens (including phenoxy) is 2. The van der Waals surface area contributed by atoms with Crippen LogP contribution >= 0.6 is 0 Å². The van der Waals surface area contributed by atoms with Crippen molar-refractivity contribution in [2.24, 2.45) is 7.05 Å². The number of likely N-dealkylation sites (N-methyl/N-ethyl adjacent to an activating group) is 1. The second-order valence-corrected chi connectivity index (χ2v) is 9.66. The van der Waals surface area contributed by atoms with Crippen LogP contribution in [0.15, 0.2) is 42.7 Å². The van der Waals surface area contributed by atoms with Gasteiger partial charge in [-0.15, -0.1) is 0 Å². The fourth-order valence-corrected chi connectivity index (χ4v) is 4.54. The van der Waals surface area contributed by atoms with E-state index in [1.807, 2.05) is 53.1 Å². The Bertz CT molecular complexity index is 1330. The molecule has 0 aliphatic carbocycles. The van der Waals surface area contributed by atoms with Crippen LogP contribution < -0.4 is 4.74 Å². The summed E-state index contributed by atoms with van der Waals surface area (Å²) < 4.78 is 13.9. The predicted octanol–water partition coefficient (Wildman–Crippen LogP) is 6.21. The minimum Gasteiger partial charge on any atom is -0.491 e. The zero-order chi connectivity index (χ0) is 23.9. The van der Waals surface area contributed by atoms with Gasteiger partial charge in [0.05, 0.1) is 11.6 Å². The number of hydrogen-bond donors (Lipinski definition) is 0. The number of nitrogens with zero attached hydrogens (tertiary/aromatic N) is 3. The summed E-state index contributed by atoms with van der Waals surface area (Å²) >= 11 is 0. The number of carbonyl (C=O) groups excluding carboxylic acids is 1. The molecular formula is C27H33N3O3. The van der Waals surface area contributed by atoms with Gasteiger partial charge in [0.15, 0.2) is 0 Å². The second kappa shape index (κ2) is 8.58. The molecule has 33 heavy (non-hydrogen) atoms. The minimum absolute atomic E-state index is 0.120. The number of rotatable bonds is 5. The normalized spacial score (nSPS) is 12.9. The molecule has 1 atom stereocenters. The Morgan fingerprint density at radius 2 is 1.91 bits per heavy atom. The van der Waals surface area contributed by atoms with Crippen LogP contribution in [-0.2, 0) is 11.8 Å². The van der Waals surface area contributed by atoms with Gasteiger partial charge in [0.25, 0.3) is 0 Å². The highest BCUT2D eigenvalue weighted by Crippen LogP contribution is 2.36. The van der Waals surface area contributed by atoms with E-state index in [1.165, 1.54) is 21.9 Å². The molecule has 0 aliphatic rings. The molecule has 2 aromatic heterocycles. The van der Waals surface area contributed by atoms with Crippen molar-refractivity contribution in [1.29, 1.82) is 0 Å². The lowest BCUT2D eigenvalue weighted by atomic mass is 10.0. The van der Waals surface area contributed by atoms with Crippen molar-refractivity contribution >= 4 is 38.7 Å². The lowest BCUT2D eigenvalue weighted by Crippen LogP contribution is -2.44. The molecule has 1 amide bonds. The van der Waals surface area contributed by atoms with Crippen molar-refractivity contribution in [2.45, 2.75) is 53.2 Å². The number of fused-ring (bicyclic) bond motifs is 4. The van der Waals surface area contributed by atoms with Gasteiger partial charge >= 0.3 is 6.09 Å². The first-order valence-electron chi connectivity index (χ1n) is 11.5. The molecule has 0 aliphatic heterocycles. The van der Waals surface area contributed by atoms with Crippen molar-refractivity contribution in [3.63, 3.8) is 0 Å². The Morgan fingerprint density at radius 3 is 2.61 bits per heavy atom. The van der Waals surface area contributed by atoms with Crippen LogP contribution in [0.25, 0.3) is 32.6 Å². The fourth-order valence-electron chi connectivity index (χ4n) is 4.54. The van der Waals surface area contributed by atoms with E-state index in [2.05, 4.69) is 47.8 Å². The number of carbonyl (C=O) groups is 1. The Morgan fingerprint density at radius 1 is 1.15 bits per heavy atom. The van der Waals surface area contributed by atoms with Crippen LogP contribution in [0, 0.1) is 6.92 Å². The van der Waals surface area contributed by atoms with Crippen LogP contribution in [0.4, 0.5) is 4.79 Å². The third-order valence-electron chi connectivity index (χ3n) is 6.11. The van der Waals surface area contributed by atoms with E-state index in [1.54, 1.807) is 4.90 Å². The molecule has 0 fully saturated rings. The molecule has 6 nitrogen and oxygen atoms in total. The van der Waals surface area contributed by atoms with Gasteiger partial charge in [-0.25, -0.2) is 4.79 Å². The summed E-state index contributed by atoms with van der Waals surface area (Å²) in [5.41, 5.74) is 3.09. The first-order chi connectivity index (χ1) is 15.6. The van der Waals surface area contributed by atoms with Gasteiger partial charge in [-0.2, -0.15) is 0 Å². The van der Waals surface area contributed by atoms with Gasteiger partial charge in [0.1, 0.15) is 18.0 Å². The van der Waals surface area contributed by atoms with Gasteiger partial charge in [-0.1, -0.05) is 0 Å². The van der Waals surface area contributed by atoms with Gasteiger partial charge in [-0.3, -0.25) is 4.98 Å². The number of aryl methyl sites for hydroxylation is 2. The Kier molecular flexibility index (Phi) is 5.95. The Hall–Kier alpha value is -3.28. The van der Waals surface area contributed by atoms with Crippen molar-refractivity contribution in [3.8, 4) is 5.75 Å². The maximum Gasteiger partial charge on any atom is 0.410 e. The maximum absolute atomic E-state index is 12.5. The zero-order valence-corrected chi connectivity index (χ0v) is 20.6. The molecule has 0 unspecified atom stereocenters. The maximum atomic E-state index is 12.5. The molecule has 4 rings (SSSR count). The summed E-state index contributed by atoms with van der Waals surface area (Å²) in [5, 5.41) is 4.68. The lowest BCUT2D eigenvalue weighted by molar-refractivity contribution is 0.0143. The van der Waals surface area contributed by atoms with E-state index in [0.29, 0.717) is 13.2 Å². The Balaban J connectivity index is 1.63. The van der Waals surface area contributed by atoms with Gasteiger partial charge in [-0.05, 0) is 82.8 Å². The van der Waals surface area contributed by atoms with Gasteiger partial charge < -0.3 is 18.9 Å². The molecular weight excluding hydrogens is 414 g/mol. The lowest BCUT2D eigenvalue weighted by Gasteiger charge is -2.30. The number of benzene rings is 2. The van der Waals surface area contributed by atoms with E-state index < -0.39 is 5.60 Å². The molecule has 174 valence electrons. The summed E-state index contributed by atoms with van der Waals surface area (Å²) in [7, 11) is 2.10. The third-order valence-corrected chi connectivity index (χ3v) is 6.11. The first-order valence-corrected chi connectivity index (χ1v) is 11.5. The molecule has 0 spiro atoms. The van der Waals surface area contributed by atoms with E-state index in [9.17, 15) is 4.79 Å². The highest BCUT2D eigenvalue weighted by atomic mass is 16.6. The van der Waals surface area contributed by atoms with Crippen LogP contribution in [0.1, 0.15) is 40.2 Å². The van der Waals surface area contributed by atoms with Crippen LogP contribution in [-0.4, -0.2) is 45.3 Å². The first kappa shape index (κ1) is 22.9. The molecule has 0 saturated heterocycles. The summed E-state index contributed by atoms with van der Waals surface area (Å²) in [6.45, 7) is 12.7. The fraction of sp³-hybridized carbons (Fsp3) is 0.407. The smallest absolute Gasteiger partial charge is 0.410 e. The highest BCUT2D eigenvalue weighted by molar-refractivity contribution is 6.14. The van der Waals surface area contributed by atoms with Crippen LogP contribution in [0.2, 0.25) is 0 Å². The number of pyridine rings is 1. The monoisotopic (exact) mass is 447 g/mol. The molecule has 0 saturated carbocycles. The number of amides is 1. The predicted molar refractivity (Wildman–Crippen MR) is 134 cm³/mol. The van der Waals surface area contributed by atoms with Crippen molar-refractivity contribution in [3.05, 3.63) is 48.3 Å². The van der Waals surface area contributed by atoms with Gasteiger partial charge in [0, 0.05) is 47.7 Å². The minimum atomic E-state index is -0.525. The second-order valence-electron chi connectivity index (χ2n) is 9.66. The molecule has 2 heterocycles. The van der Waals surface area contributed by atoms with Crippen LogP contribution in [0.5, 0.6) is 5.75 Å². The summed E-state index contributed by atoms with van der Waals surface area (Å²) in [6.07, 6.45) is 3.44. The van der Waals surface area contributed by atoms with E-state index in [-0.39, 0.29) is 12.1 Å². The topological polar surface area (TPSA) is 56.6 Å². The SMILES string of the molecule is CCN(C(=O)OC(C)(C)C)[C@@H](C)COc1ccc2c(c1)c1cc3cnccc3c(C)c1n2C. The van der Waals surface area contributed by atoms with E-state index in [0.717, 1.165) is 22.0 Å². The van der Waals surface area contributed by atoms with Crippen molar-refractivity contribution in [1.82, 2.24) is 14.5 Å². The third kappa shape index (κ3) is 4.34. The van der Waals surface area contributed by atoms with Crippen LogP contribution in [0.3, 0.4) is 0 Å². The zero-order valence-electron chi connectivity index (χ0n) is 20.6. The largest absolute Gasteiger partial charge is 0.491 e. The average Bonchev–Trinajstić information content (AvgIpc) is 3.03. The summed E-state index contributed by atoms with van der Waals surface area (Å²) in [5.74, 6) is 0.783. The molecule has 2 aromatic carbocycles. The molecule has 0 bridgehead atoms. The van der Waals surface area contributed by atoms with Gasteiger partial charge in [0.2, 0.25) is 0 Å². The van der Waals surface area contributed by atoms with E-state index in [4.69, 9.17) is 9.47 Å². The average molecular weight is 448 g/mol. The van der Waals surface area contributed by atoms with Crippen molar-refractivity contribution < 1.29 is 14.3 Å². The molecule has 4 aromatic rings. The van der Waals surface area contributed by atoms with Crippen molar-refractivity contribution in [2.75, 3.05) is 13.2 Å². The standard InChI is InChI=1S/C27H33N3O3/c1-8-30(26(31)33-27(4,5)6)17(2)16-32-20-9-10-24-22(14-20)23-13-19-15-28-12-11-21(19)18(3)25(23)29(24)7/h9-15,17H,8,16H2,1-7H3/t17-/m0/s1. The number of hydrogen-bond acceptors (Lipinski definition) is 4. The van der Waals surface area contributed by atoms with E-state index >= 15 is 0 Å². The number of aromatic nitrogens is 2. The summed E-state index contributed by atoms with van der Waals surface area (Å²) in [6, 6.07) is 10.3. The molecule has 6 heteroatoms. The highest BCUT2D eigenvalue weighted by Gasteiger charge is 2.25. The molecule has 0 N–H and O–H groups in total. The summed E-state index contributed by atoms with van der Waals surface area (Å²) in [4.78, 5) is 18.5. The molecule has 0 radical (unpaired) electrons.